The van der Waals surface area contributed by atoms with Gasteiger partial charge < -0.3 is 14.8 Å². The van der Waals surface area contributed by atoms with Crippen LogP contribution in [0.15, 0.2) is 42.5 Å². The van der Waals surface area contributed by atoms with Gasteiger partial charge in [0.2, 0.25) is 0 Å². The lowest BCUT2D eigenvalue weighted by Gasteiger charge is -2.12. The summed E-state index contributed by atoms with van der Waals surface area (Å²) in [7, 11) is 1.55. The Morgan fingerprint density at radius 2 is 1.95 bits per heavy atom. The Morgan fingerprint density at radius 3 is 2.64 bits per heavy atom. The maximum Gasteiger partial charge on any atom is 0.255 e. The number of halogens is 1. The van der Waals surface area contributed by atoms with E-state index < -0.39 is 0 Å². The first-order valence-corrected chi connectivity index (χ1v) is 7.40. The molecule has 0 radical (unpaired) electrons. The molecule has 0 spiro atoms. The Bertz CT molecular complexity index is 658. The molecule has 2 aromatic rings. The zero-order valence-corrected chi connectivity index (χ0v) is 13.3. The monoisotopic (exact) mass is 319 g/mol. The van der Waals surface area contributed by atoms with E-state index in [9.17, 15) is 4.79 Å². The van der Waals surface area contributed by atoms with Crippen LogP contribution in [0.5, 0.6) is 11.5 Å². The van der Waals surface area contributed by atoms with Crippen molar-refractivity contribution in [1.29, 1.82) is 0 Å². The number of methoxy groups -OCH3 is 1. The number of nitrogens with one attached hydrogen (secondary N) is 1. The van der Waals surface area contributed by atoms with E-state index in [4.69, 9.17) is 21.1 Å². The van der Waals surface area contributed by atoms with Gasteiger partial charge in [-0.1, -0.05) is 30.7 Å². The van der Waals surface area contributed by atoms with Gasteiger partial charge in [0, 0.05) is 5.56 Å². The van der Waals surface area contributed by atoms with Crippen LogP contribution < -0.4 is 14.8 Å². The number of rotatable bonds is 6. The average Bonchev–Trinajstić information content (AvgIpc) is 2.54. The summed E-state index contributed by atoms with van der Waals surface area (Å²) >= 11 is 6.04. The van der Waals surface area contributed by atoms with Crippen LogP contribution in [0.2, 0.25) is 5.02 Å². The van der Waals surface area contributed by atoms with Gasteiger partial charge in [-0.2, -0.15) is 0 Å². The second-order valence-corrected chi connectivity index (χ2v) is 5.06. The van der Waals surface area contributed by atoms with Crippen LogP contribution in [0.3, 0.4) is 0 Å². The zero-order valence-electron chi connectivity index (χ0n) is 12.6. The highest BCUT2D eigenvalue weighted by Gasteiger charge is 2.12. The van der Waals surface area contributed by atoms with Crippen LogP contribution in [-0.2, 0) is 0 Å². The SMILES string of the molecule is CCCOc1ccc(C(=O)Nc2ccccc2Cl)cc1OC. The summed E-state index contributed by atoms with van der Waals surface area (Å²) in [5.41, 5.74) is 1.04. The molecule has 0 aliphatic rings. The Hall–Kier alpha value is -2.20. The van der Waals surface area contributed by atoms with E-state index in [-0.39, 0.29) is 5.91 Å². The normalized spacial score (nSPS) is 10.1. The lowest BCUT2D eigenvalue weighted by Crippen LogP contribution is -2.12. The molecule has 0 saturated heterocycles. The Morgan fingerprint density at radius 1 is 1.18 bits per heavy atom. The van der Waals surface area contributed by atoms with Crippen LogP contribution in [0.1, 0.15) is 23.7 Å². The first-order valence-electron chi connectivity index (χ1n) is 7.02. The lowest BCUT2D eigenvalue weighted by atomic mass is 10.2. The van der Waals surface area contributed by atoms with E-state index in [2.05, 4.69) is 5.32 Å². The fraction of sp³-hybridized carbons (Fsp3) is 0.235. The van der Waals surface area contributed by atoms with Gasteiger partial charge >= 0.3 is 0 Å². The molecule has 0 atom stereocenters. The minimum Gasteiger partial charge on any atom is -0.493 e. The number of benzene rings is 2. The number of hydrogen-bond acceptors (Lipinski definition) is 3. The summed E-state index contributed by atoms with van der Waals surface area (Å²) < 4.78 is 10.8. The van der Waals surface area contributed by atoms with Gasteiger partial charge in [0.25, 0.3) is 5.91 Å². The van der Waals surface area contributed by atoms with Crippen molar-refractivity contribution in [3.8, 4) is 11.5 Å². The third-order valence-electron chi connectivity index (χ3n) is 3.01. The Kier molecular flexibility index (Phi) is 5.67. The van der Waals surface area contributed by atoms with Crippen LogP contribution in [0.25, 0.3) is 0 Å². The molecule has 5 heteroatoms. The second kappa shape index (κ2) is 7.71. The molecular formula is C17H18ClNO3. The van der Waals surface area contributed by atoms with Gasteiger partial charge in [0.05, 0.1) is 24.4 Å². The van der Waals surface area contributed by atoms with Crippen LogP contribution in [0, 0.1) is 0 Å². The van der Waals surface area contributed by atoms with Crippen LogP contribution in [-0.4, -0.2) is 19.6 Å². The highest BCUT2D eigenvalue weighted by atomic mass is 35.5. The molecule has 0 saturated carbocycles. The minimum atomic E-state index is -0.256. The van der Waals surface area contributed by atoms with Crippen molar-refractivity contribution < 1.29 is 14.3 Å². The maximum atomic E-state index is 12.3. The predicted octanol–water partition coefficient (Wildman–Crippen LogP) is 4.39. The van der Waals surface area contributed by atoms with E-state index in [1.165, 1.54) is 0 Å². The summed E-state index contributed by atoms with van der Waals surface area (Å²) in [6.07, 6.45) is 0.901. The number of ether oxygens (including phenoxy) is 2. The number of hydrogen-bond donors (Lipinski definition) is 1. The fourth-order valence-corrected chi connectivity index (χ4v) is 2.08. The Balaban J connectivity index is 2.18. The molecule has 2 rings (SSSR count). The number of anilines is 1. The molecule has 2 aromatic carbocycles. The summed E-state index contributed by atoms with van der Waals surface area (Å²) in [6, 6.07) is 12.2. The smallest absolute Gasteiger partial charge is 0.255 e. The topological polar surface area (TPSA) is 47.6 Å². The molecule has 0 aliphatic carbocycles. The Labute approximate surface area is 135 Å². The van der Waals surface area contributed by atoms with Crippen molar-refractivity contribution >= 4 is 23.2 Å². The summed E-state index contributed by atoms with van der Waals surface area (Å²) in [4.78, 5) is 12.3. The van der Waals surface area contributed by atoms with Crippen LogP contribution in [0.4, 0.5) is 5.69 Å². The zero-order chi connectivity index (χ0) is 15.9. The van der Waals surface area contributed by atoms with Crippen molar-refractivity contribution in [2.75, 3.05) is 19.0 Å². The molecule has 0 aromatic heterocycles. The standard InChI is InChI=1S/C17H18ClNO3/c1-3-10-22-15-9-8-12(11-16(15)21-2)17(20)19-14-7-5-4-6-13(14)18/h4-9,11H,3,10H2,1-2H3,(H,19,20). The molecule has 1 amide bonds. The van der Waals surface area contributed by atoms with Gasteiger partial charge in [0.15, 0.2) is 11.5 Å². The third kappa shape index (κ3) is 3.92. The molecule has 0 bridgehead atoms. The minimum absolute atomic E-state index is 0.256. The second-order valence-electron chi connectivity index (χ2n) is 4.65. The summed E-state index contributed by atoms with van der Waals surface area (Å²) in [6.45, 7) is 2.62. The van der Waals surface area contributed by atoms with Crippen molar-refractivity contribution in [3.05, 3.63) is 53.1 Å². The van der Waals surface area contributed by atoms with E-state index in [1.54, 1.807) is 43.5 Å². The van der Waals surface area contributed by atoms with Crippen LogP contribution >= 0.6 is 11.6 Å². The van der Waals surface area contributed by atoms with Gasteiger partial charge in [-0.3, -0.25) is 4.79 Å². The fourth-order valence-electron chi connectivity index (χ4n) is 1.90. The molecule has 0 aliphatic heterocycles. The van der Waals surface area contributed by atoms with Gasteiger partial charge in [-0.15, -0.1) is 0 Å². The number of amides is 1. The number of carbonyl (C=O) groups excluding carboxylic acids is 1. The molecule has 22 heavy (non-hydrogen) atoms. The van der Waals surface area contributed by atoms with Crippen molar-refractivity contribution in [3.63, 3.8) is 0 Å². The molecule has 1 N–H and O–H groups in total. The highest BCUT2D eigenvalue weighted by Crippen LogP contribution is 2.29. The maximum absolute atomic E-state index is 12.3. The molecule has 0 fully saturated rings. The van der Waals surface area contributed by atoms with Crippen molar-refractivity contribution in [2.24, 2.45) is 0 Å². The highest BCUT2D eigenvalue weighted by molar-refractivity contribution is 6.33. The van der Waals surface area contributed by atoms with Gasteiger partial charge in [-0.05, 0) is 36.8 Å². The predicted molar refractivity (Wildman–Crippen MR) is 88.2 cm³/mol. The average molecular weight is 320 g/mol. The number of carbonyl (C=O) groups is 1. The quantitative estimate of drug-likeness (QED) is 0.859. The van der Waals surface area contributed by atoms with E-state index in [0.29, 0.717) is 34.4 Å². The van der Waals surface area contributed by atoms with E-state index >= 15 is 0 Å². The largest absolute Gasteiger partial charge is 0.493 e. The number of para-hydroxylation sites is 1. The molecule has 0 heterocycles. The molecule has 116 valence electrons. The van der Waals surface area contributed by atoms with Crippen molar-refractivity contribution in [1.82, 2.24) is 0 Å². The summed E-state index contributed by atoms with van der Waals surface area (Å²) in [5.74, 6) is 0.896. The van der Waals surface area contributed by atoms with Crippen molar-refractivity contribution in [2.45, 2.75) is 13.3 Å². The first-order chi connectivity index (χ1) is 10.7. The molecule has 0 unspecified atom stereocenters. The van der Waals surface area contributed by atoms with E-state index in [0.717, 1.165) is 6.42 Å². The lowest BCUT2D eigenvalue weighted by molar-refractivity contribution is 0.102. The van der Waals surface area contributed by atoms with Gasteiger partial charge in [0.1, 0.15) is 0 Å². The first kappa shape index (κ1) is 16.2. The summed E-state index contributed by atoms with van der Waals surface area (Å²) in [5, 5.41) is 3.26. The van der Waals surface area contributed by atoms with Gasteiger partial charge in [-0.25, -0.2) is 0 Å². The van der Waals surface area contributed by atoms with E-state index in [1.807, 2.05) is 13.0 Å². The third-order valence-corrected chi connectivity index (χ3v) is 3.34. The molecular weight excluding hydrogens is 302 g/mol. The molecule has 4 nitrogen and oxygen atoms in total.